The second kappa shape index (κ2) is 10.9. The molecule has 3 aromatic heterocycles. The first-order chi connectivity index (χ1) is 19.5. The fourth-order valence-corrected chi connectivity index (χ4v) is 5.59. The Hall–Kier alpha value is -4.57. The molecule has 1 saturated heterocycles. The van der Waals surface area contributed by atoms with Crippen molar-refractivity contribution in [2.24, 2.45) is 0 Å². The number of aromatic nitrogens is 5. The van der Waals surface area contributed by atoms with Crippen LogP contribution in [0.2, 0.25) is 0 Å². The van der Waals surface area contributed by atoms with Crippen molar-refractivity contribution in [1.82, 2.24) is 35.0 Å². The average Bonchev–Trinajstić information content (AvgIpc) is 3.66. The van der Waals surface area contributed by atoms with Crippen molar-refractivity contribution in [3.05, 3.63) is 111 Å². The molecule has 204 valence electrons. The number of hydrogen-bond donors (Lipinski definition) is 1. The number of nitrogens with one attached hydrogen (secondary N) is 1. The van der Waals surface area contributed by atoms with Crippen molar-refractivity contribution < 1.29 is 9.21 Å². The average molecular weight is 538 g/mol. The third-order valence-corrected chi connectivity index (χ3v) is 7.57. The standard InChI is InChI=1S/C30H31N7O3/c1-20-17-21(2)26-23(18-20)19-24(29(38)31-26)27(28-32-33-34-37(28)11-10-22-7-4-3-5-8-22)35-12-14-36(15-13-35)30(39)25-9-6-16-40-25/h3-9,16-19,27H,10-15H2,1-2H3,(H,31,38)/t27-/m1/s1. The normalized spacial score (nSPS) is 15.0. The number of carbonyl (C=O) groups is 1. The van der Waals surface area contributed by atoms with Gasteiger partial charge < -0.3 is 14.3 Å². The molecule has 1 amide bonds. The zero-order chi connectivity index (χ0) is 27.6. The molecule has 6 rings (SSSR count). The van der Waals surface area contributed by atoms with Gasteiger partial charge in [0.2, 0.25) is 0 Å². The molecule has 1 atom stereocenters. The number of benzene rings is 2. The van der Waals surface area contributed by atoms with Gasteiger partial charge in [0, 0.05) is 38.3 Å². The SMILES string of the molecule is Cc1cc(C)c2[nH]c(=O)c([C@H](c3nnnn3CCc3ccccc3)N3CCN(C(=O)c4ccco4)CC3)cc2c1. The van der Waals surface area contributed by atoms with Crippen LogP contribution in [0.4, 0.5) is 0 Å². The van der Waals surface area contributed by atoms with E-state index in [-0.39, 0.29) is 11.5 Å². The highest BCUT2D eigenvalue weighted by Crippen LogP contribution is 2.29. The van der Waals surface area contributed by atoms with Crippen molar-refractivity contribution in [2.75, 3.05) is 26.2 Å². The van der Waals surface area contributed by atoms with E-state index in [1.807, 2.05) is 38.1 Å². The van der Waals surface area contributed by atoms with Gasteiger partial charge in [-0.1, -0.05) is 42.0 Å². The lowest BCUT2D eigenvalue weighted by molar-refractivity contribution is 0.0558. The number of rotatable bonds is 7. The highest BCUT2D eigenvalue weighted by molar-refractivity contribution is 5.91. The molecule has 1 fully saturated rings. The number of amides is 1. The first-order valence-corrected chi connectivity index (χ1v) is 13.5. The minimum atomic E-state index is -0.486. The Balaban J connectivity index is 1.36. The number of H-pyrrole nitrogens is 1. The Labute approximate surface area is 231 Å². The minimum Gasteiger partial charge on any atom is -0.459 e. The monoisotopic (exact) mass is 537 g/mol. The lowest BCUT2D eigenvalue weighted by Crippen LogP contribution is -2.50. The first-order valence-electron chi connectivity index (χ1n) is 13.5. The van der Waals surface area contributed by atoms with Crippen LogP contribution in [0.5, 0.6) is 0 Å². The number of piperazine rings is 1. The Kier molecular flexibility index (Phi) is 7.00. The maximum absolute atomic E-state index is 13.6. The van der Waals surface area contributed by atoms with Crippen LogP contribution >= 0.6 is 0 Å². The van der Waals surface area contributed by atoms with Crippen LogP contribution in [-0.4, -0.2) is 67.1 Å². The zero-order valence-electron chi connectivity index (χ0n) is 22.6. The smallest absolute Gasteiger partial charge is 0.289 e. The number of tetrazole rings is 1. The molecule has 40 heavy (non-hydrogen) atoms. The minimum absolute atomic E-state index is 0.136. The van der Waals surface area contributed by atoms with Crippen molar-refractivity contribution >= 4 is 16.8 Å². The lowest BCUT2D eigenvalue weighted by Gasteiger charge is -2.38. The molecule has 0 saturated carbocycles. The van der Waals surface area contributed by atoms with Crippen molar-refractivity contribution in [1.29, 1.82) is 0 Å². The first kappa shape index (κ1) is 25.7. The van der Waals surface area contributed by atoms with Gasteiger partial charge >= 0.3 is 0 Å². The number of aryl methyl sites for hydroxylation is 4. The number of furan rings is 1. The number of nitrogens with zero attached hydrogens (tertiary/aromatic N) is 6. The van der Waals surface area contributed by atoms with E-state index in [1.165, 1.54) is 11.8 Å². The second-order valence-corrected chi connectivity index (χ2v) is 10.3. The van der Waals surface area contributed by atoms with Crippen molar-refractivity contribution in [3.63, 3.8) is 0 Å². The van der Waals surface area contributed by atoms with Crippen LogP contribution in [0.15, 0.2) is 76.1 Å². The van der Waals surface area contributed by atoms with Gasteiger partial charge in [0.25, 0.3) is 11.5 Å². The topological polar surface area (TPSA) is 113 Å². The summed E-state index contributed by atoms with van der Waals surface area (Å²) in [5.41, 5.74) is 4.57. The molecule has 4 heterocycles. The summed E-state index contributed by atoms with van der Waals surface area (Å²) in [6, 6.07) is 19.2. The van der Waals surface area contributed by atoms with E-state index < -0.39 is 6.04 Å². The molecule has 5 aromatic rings. The van der Waals surface area contributed by atoms with Gasteiger partial charge in [0.15, 0.2) is 11.6 Å². The molecule has 0 radical (unpaired) electrons. The van der Waals surface area contributed by atoms with Gasteiger partial charge in [-0.3, -0.25) is 14.5 Å². The maximum Gasteiger partial charge on any atom is 0.289 e. The van der Waals surface area contributed by atoms with Gasteiger partial charge in [0.05, 0.1) is 11.8 Å². The largest absolute Gasteiger partial charge is 0.459 e. The Bertz CT molecular complexity index is 1680. The summed E-state index contributed by atoms with van der Waals surface area (Å²) in [6.45, 7) is 6.70. The summed E-state index contributed by atoms with van der Waals surface area (Å²) in [4.78, 5) is 33.6. The van der Waals surface area contributed by atoms with E-state index in [9.17, 15) is 9.59 Å². The lowest BCUT2D eigenvalue weighted by atomic mass is 10.00. The molecule has 0 unspecified atom stereocenters. The Morgan fingerprint density at radius 2 is 1.82 bits per heavy atom. The summed E-state index contributed by atoms with van der Waals surface area (Å²) in [7, 11) is 0. The van der Waals surface area contributed by atoms with Gasteiger partial charge in [-0.2, -0.15) is 0 Å². The van der Waals surface area contributed by atoms with Gasteiger partial charge in [-0.15, -0.1) is 5.10 Å². The van der Waals surface area contributed by atoms with Gasteiger partial charge in [0.1, 0.15) is 6.04 Å². The molecule has 0 spiro atoms. The fourth-order valence-electron chi connectivity index (χ4n) is 5.59. The highest BCUT2D eigenvalue weighted by atomic mass is 16.3. The van der Waals surface area contributed by atoms with Gasteiger partial charge in [-0.25, -0.2) is 4.68 Å². The molecule has 2 aromatic carbocycles. The van der Waals surface area contributed by atoms with E-state index in [4.69, 9.17) is 4.42 Å². The highest BCUT2D eigenvalue weighted by Gasteiger charge is 2.34. The molecular weight excluding hydrogens is 506 g/mol. The molecule has 1 aliphatic heterocycles. The fraction of sp³-hybridized carbons (Fsp3) is 0.300. The van der Waals surface area contributed by atoms with Crippen molar-refractivity contribution in [2.45, 2.75) is 32.9 Å². The Morgan fingerprint density at radius 3 is 2.58 bits per heavy atom. The third kappa shape index (κ3) is 5.05. The van der Waals surface area contributed by atoms with Crippen LogP contribution in [0.3, 0.4) is 0 Å². The van der Waals surface area contributed by atoms with Crippen LogP contribution in [0, 0.1) is 13.8 Å². The molecule has 10 heteroatoms. The number of pyridine rings is 1. The summed E-state index contributed by atoms with van der Waals surface area (Å²) in [5, 5.41) is 13.7. The summed E-state index contributed by atoms with van der Waals surface area (Å²) in [5.74, 6) is 0.797. The van der Waals surface area contributed by atoms with Crippen LogP contribution in [0.1, 0.15) is 44.7 Å². The predicted molar refractivity (Wildman–Crippen MR) is 150 cm³/mol. The van der Waals surface area contributed by atoms with E-state index in [2.05, 4.69) is 49.7 Å². The predicted octanol–water partition coefficient (Wildman–Crippen LogP) is 3.51. The molecule has 1 aliphatic rings. The van der Waals surface area contributed by atoms with Crippen LogP contribution in [0.25, 0.3) is 10.9 Å². The quantitative estimate of drug-likeness (QED) is 0.338. The number of hydrogen-bond acceptors (Lipinski definition) is 7. The third-order valence-electron chi connectivity index (χ3n) is 7.57. The summed E-state index contributed by atoms with van der Waals surface area (Å²) < 4.78 is 7.12. The number of carbonyl (C=O) groups excluding carboxylic acids is 1. The zero-order valence-corrected chi connectivity index (χ0v) is 22.6. The molecule has 0 aliphatic carbocycles. The number of aromatic amines is 1. The van der Waals surface area contributed by atoms with Crippen LogP contribution < -0.4 is 5.56 Å². The maximum atomic E-state index is 13.6. The molecular formula is C30H31N7O3. The molecule has 10 nitrogen and oxygen atoms in total. The van der Waals surface area contributed by atoms with E-state index in [0.717, 1.165) is 28.5 Å². The van der Waals surface area contributed by atoms with Gasteiger partial charge in [-0.05, 0) is 71.5 Å². The van der Waals surface area contributed by atoms with E-state index >= 15 is 0 Å². The summed E-state index contributed by atoms with van der Waals surface area (Å²) >= 11 is 0. The molecule has 0 bridgehead atoms. The second-order valence-electron chi connectivity index (χ2n) is 10.3. The molecule has 1 N–H and O–H groups in total. The van der Waals surface area contributed by atoms with E-state index in [1.54, 1.807) is 21.7 Å². The van der Waals surface area contributed by atoms with E-state index in [0.29, 0.717) is 49.9 Å². The Morgan fingerprint density at radius 1 is 1.02 bits per heavy atom. The van der Waals surface area contributed by atoms with Crippen molar-refractivity contribution in [3.8, 4) is 0 Å². The summed E-state index contributed by atoms with van der Waals surface area (Å²) in [6.07, 6.45) is 2.26. The number of fused-ring (bicyclic) bond motifs is 1. The van der Waals surface area contributed by atoms with Crippen LogP contribution in [-0.2, 0) is 13.0 Å².